The van der Waals surface area contributed by atoms with Gasteiger partial charge in [-0.25, -0.2) is 4.68 Å². The van der Waals surface area contributed by atoms with Gasteiger partial charge in [-0.3, -0.25) is 9.59 Å². The molecule has 1 atom stereocenters. The maximum atomic E-state index is 12.0. The predicted octanol–water partition coefficient (Wildman–Crippen LogP) is 1.45. The van der Waals surface area contributed by atoms with Crippen molar-refractivity contribution < 1.29 is 9.59 Å². The minimum atomic E-state index is -0.543. The zero-order chi connectivity index (χ0) is 16.7. The van der Waals surface area contributed by atoms with E-state index in [1.807, 2.05) is 43.5 Å². The molecule has 122 valence electrons. The molecule has 2 N–H and O–H groups in total. The summed E-state index contributed by atoms with van der Waals surface area (Å²) in [4.78, 5) is 23.8. The average Bonchev–Trinajstić information content (AvgIpc) is 3.01. The quantitative estimate of drug-likeness (QED) is 0.812. The van der Waals surface area contributed by atoms with Gasteiger partial charge in [-0.05, 0) is 31.0 Å². The molecule has 1 heterocycles. The summed E-state index contributed by atoms with van der Waals surface area (Å²) in [5.41, 5.74) is 1.74. The monoisotopic (exact) mass is 314 g/mol. The second kappa shape index (κ2) is 8.12. The number of benzene rings is 1. The molecule has 0 aliphatic heterocycles. The lowest BCUT2D eigenvalue weighted by Crippen LogP contribution is -2.45. The molecule has 6 heteroatoms. The van der Waals surface area contributed by atoms with Gasteiger partial charge in [-0.1, -0.05) is 25.1 Å². The highest BCUT2D eigenvalue weighted by atomic mass is 16.2. The molecule has 1 aromatic carbocycles. The molecule has 6 nitrogen and oxygen atoms in total. The van der Waals surface area contributed by atoms with E-state index in [1.165, 1.54) is 0 Å². The first-order valence-corrected chi connectivity index (χ1v) is 7.76. The maximum Gasteiger partial charge on any atom is 0.242 e. The zero-order valence-electron chi connectivity index (χ0n) is 13.5. The highest BCUT2D eigenvalue weighted by molar-refractivity contribution is 5.87. The van der Waals surface area contributed by atoms with Crippen LogP contribution in [0.5, 0.6) is 0 Å². The number of hydrogen-bond acceptors (Lipinski definition) is 3. The Balaban J connectivity index is 1.88. The molecule has 2 amide bonds. The Bertz CT molecular complexity index is 652. The molecule has 0 radical (unpaired) electrons. The van der Waals surface area contributed by atoms with Crippen LogP contribution in [0.25, 0.3) is 5.69 Å². The summed E-state index contributed by atoms with van der Waals surface area (Å²) in [5.74, 6) is -0.364. The molecule has 2 aromatic rings. The van der Waals surface area contributed by atoms with Gasteiger partial charge in [0.1, 0.15) is 6.04 Å². The lowest BCUT2D eigenvalue weighted by Gasteiger charge is -2.13. The summed E-state index contributed by atoms with van der Waals surface area (Å²) in [6, 6.07) is 9.14. The van der Waals surface area contributed by atoms with Crippen molar-refractivity contribution in [2.45, 2.75) is 32.7 Å². The summed E-state index contributed by atoms with van der Waals surface area (Å²) in [6.45, 7) is 4.27. The normalized spacial score (nSPS) is 11.7. The molecule has 2 rings (SSSR count). The van der Waals surface area contributed by atoms with Gasteiger partial charge >= 0.3 is 0 Å². The van der Waals surface area contributed by atoms with Gasteiger partial charge in [0.05, 0.1) is 18.3 Å². The van der Waals surface area contributed by atoms with Crippen molar-refractivity contribution in [3.8, 4) is 5.69 Å². The van der Waals surface area contributed by atoms with Gasteiger partial charge < -0.3 is 10.6 Å². The fraction of sp³-hybridized carbons (Fsp3) is 0.353. The Morgan fingerprint density at radius 2 is 2.00 bits per heavy atom. The molecule has 1 aromatic heterocycles. The van der Waals surface area contributed by atoms with Crippen LogP contribution in [0.3, 0.4) is 0 Å². The Morgan fingerprint density at radius 3 is 2.70 bits per heavy atom. The summed E-state index contributed by atoms with van der Waals surface area (Å²) >= 11 is 0. The molecule has 1 unspecified atom stereocenters. The first-order valence-electron chi connectivity index (χ1n) is 7.76. The van der Waals surface area contributed by atoms with E-state index in [1.54, 1.807) is 17.8 Å². The number of amides is 2. The summed E-state index contributed by atoms with van der Waals surface area (Å²) in [7, 11) is 0. The average molecular weight is 314 g/mol. The Morgan fingerprint density at radius 1 is 1.26 bits per heavy atom. The molecular weight excluding hydrogens is 292 g/mol. The van der Waals surface area contributed by atoms with E-state index < -0.39 is 6.04 Å². The number of carbonyl (C=O) groups excluding carboxylic acids is 2. The molecule has 23 heavy (non-hydrogen) atoms. The van der Waals surface area contributed by atoms with Gasteiger partial charge in [0.2, 0.25) is 11.8 Å². The fourth-order valence-electron chi connectivity index (χ4n) is 2.12. The van der Waals surface area contributed by atoms with Gasteiger partial charge in [-0.2, -0.15) is 5.10 Å². The molecule has 0 saturated carbocycles. The SMILES string of the molecule is CCCNC(=O)C(C)NC(=O)Cc1cnn(-c2ccccc2)c1. The zero-order valence-corrected chi connectivity index (χ0v) is 13.5. The van der Waals surface area contributed by atoms with Crippen molar-refractivity contribution in [3.63, 3.8) is 0 Å². The molecule has 0 saturated heterocycles. The van der Waals surface area contributed by atoms with Crippen molar-refractivity contribution >= 4 is 11.8 Å². The van der Waals surface area contributed by atoms with E-state index in [-0.39, 0.29) is 18.2 Å². The number of para-hydroxylation sites is 1. The molecule has 0 bridgehead atoms. The molecule has 0 fully saturated rings. The number of nitrogens with one attached hydrogen (secondary N) is 2. The van der Waals surface area contributed by atoms with Crippen molar-refractivity contribution in [3.05, 3.63) is 48.3 Å². The maximum absolute atomic E-state index is 12.0. The summed E-state index contributed by atoms with van der Waals surface area (Å²) in [5, 5.41) is 9.71. The number of carbonyl (C=O) groups is 2. The Kier molecular flexibility index (Phi) is 5.91. The Labute approximate surface area is 135 Å². The van der Waals surface area contributed by atoms with Crippen LogP contribution in [0.4, 0.5) is 0 Å². The second-order valence-electron chi connectivity index (χ2n) is 5.39. The van der Waals surface area contributed by atoms with Crippen LogP contribution < -0.4 is 10.6 Å². The van der Waals surface area contributed by atoms with E-state index in [9.17, 15) is 9.59 Å². The van der Waals surface area contributed by atoms with Gasteiger partial charge in [0.25, 0.3) is 0 Å². The van der Waals surface area contributed by atoms with Gasteiger partial charge in [-0.15, -0.1) is 0 Å². The summed E-state index contributed by atoms with van der Waals surface area (Å²) < 4.78 is 1.72. The highest BCUT2D eigenvalue weighted by Crippen LogP contribution is 2.08. The van der Waals surface area contributed by atoms with Crippen molar-refractivity contribution in [1.29, 1.82) is 0 Å². The first kappa shape index (κ1) is 16.7. The lowest BCUT2D eigenvalue weighted by atomic mass is 10.2. The summed E-state index contributed by atoms with van der Waals surface area (Å²) in [6.07, 6.45) is 4.54. The third-order valence-electron chi connectivity index (χ3n) is 3.34. The van der Waals surface area contributed by atoms with Crippen LogP contribution in [0.15, 0.2) is 42.7 Å². The standard InChI is InChI=1S/C17H22N4O2/c1-3-9-18-17(23)13(2)20-16(22)10-14-11-19-21(12-14)15-7-5-4-6-8-15/h4-8,11-13H,3,9-10H2,1-2H3,(H,18,23)(H,20,22). The van der Waals surface area contributed by atoms with Crippen LogP contribution in [-0.2, 0) is 16.0 Å². The van der Waals surface area contributed by atoms with E-state index in [0.717, 1.165) is 17.7 Å². The number of hydrogen-bond donors (Lipinski definition) is 2. The van der Waals surface area contributed by atoms with E-state index in [4.69, 9.17) is 0 Å². The lowest BCUT2D eigenvalue weighted by molar-refractivity contribution is -0.128. The third-order valence-corrected chi connectivity index (χ3v) is 3.34. The van der Waals surface area contributed by atoms with Crippen molar-refractivity contribution in [2.75, 3.05) is 6.54 Å². The molecular formula is C17H22N4O2. The molecule has 0 aliphatic carbocycles. The minimum absolute atomic E-state index is 0.166. The number of rotatable bonds is 7. The first-order chi connectivity index (χ1) is 11.1. The van der Waals surface area contributed by atoms with Crippen LogP contribution in [-0.4, -0.2) is 34.2 Å². The van der Waals surface area contributed by atoms with Gasteiger partial charge in [0, 0.05) is 12.7 Å². The topological polar surface area (TPSA) is 76.0 Å². The van der Waals surface area contributed by atoms with Crippen LogP contribution in [0, 0.1) is 0 Å². The Hall–Kier alpha value is -2.63. The van der Waals surface area contributed by atoms with Gasteiger partial charge in [0.15, 0.2) is 0 Å². The second-order valence-corrected chi connectivity index (χ2v) is 5.39. The third kappa shape index (κ3) is 4.95. The largest absolute Gasteiger partial charge is 0.354 e. The van der Waals surface area contributed by atoms with E-state index >= 15 is 0 Å². The minimum Gasteiger partial charge on any atom is -0.354 e. The van der Waals surface area contributed by atoms with E-state index in [0.29, 0.717) is 6.54 Å². The number of nitrogens with zero attached hydrogens (tertiary/aromatic N) is 2. The number of aromatic nitrogens is 2. The van der Waals surface area contributed by atoms with Crippen molar-refractivity contribution in [2.24, 2.45) is 0 Å². The fourth-order valence-corrected chi connectivity index (χ4v) is 2.12. The van der Waals surface area contributed by atoms with Crippen LogP contribution >= 0.6 is 0 Å². The predicted molar refractivity (Wildman–Crippen MR) is 88.2 cm³/mol. The van der Waals surface area contributed by atoms with E-state index in [2.05, 4.69) is 15.7 Å². The van der Waals surface area contributed by atoms with Crippen molar-refractivity contribution in [1.82, 2.24) is 20.4 Å². The highest BCUT2D eigenvalue weighted by Gasteiger charge is 2.15. The van der Waals surface area contributed by atoms with Crippen LogP contribution in [0.2, 0.25) is 0 Å². The molecule has 0 spiro atoms. The molecule has 0 aliphatic rings. The smallest absolute Gasteiger partial charge is 0.242 e. The van der Waals surface area contributed by atoms with Crippen LogP contribution in [0.1, 0.15) is 25.8 Å².